The Morgan fingerprint density at radius 1 is 1.15 bits per heavy atom. The van der Waals surface area contributed by atoms with Crippen molar-refractivity contribution in [3.63, 3.8) is 0 Å². The summed E-state index contributed by atoms with van der Waals surface area (Å²) in [6.07, 6.45) is 0.301. The summed E-state index contributed by atoms with van der Waals surface area (Å²) in [7, 11) is 0. The van der Waals surface area contributed by atoms with Crippen LogP contribution in [0.4, 0.5) is 0 Å². The molecule has 3 aromatic rings. The van der Waals surface area contributed by atoms with Crippen LogP contribution in [0.25, 0.3) is 11.5 Å². The first-order valence-electron chi connectivity index (χ1n) is 8.49. The molecule has 1 aromatic heterocycles. The molecule has 0 N–H and O–H groups in total. The third-order valence-corrected chi connectivity index (χ3v) is 5.65. The van der Waals surface area contributed by atoms with E-state index in [1.807, 2.05) is 38.1 Å². The highest BCUT2D eigenvalue weighted by molar-refractivity contribution is 7.99. The second-order valence-corrected chi connectivity index (χ2v) is 8.16. The van der Waals surface area contributed by atoms with Crippen molar-refractivity contribution >= 4 is 40.7 Å². The van der Waals surface area contributed by atoms with Gasteiger partial charge in [0.2, 0.25) is 5.89 Å². The fraction of sp³-hybridized carbons (Fsp3) is 0.238. The lowest BCUT2D eigenvalue weighted by atomic mass is 10.1. The van der Waals surface area contributed by atoms with Crippen LogP contribution in [0.15, 0.2) is 46.9 Å². The summed E-state index contributed by atoms with van der Waals surface area (Å²) in [5.74, 6) is 2.54. The largest absolute Gasteiger partial charge is 0.441 e. The zero-order chi connectivity index (χ0) is 19.4. The van der Waals surface area contributed by atoms with Crippen molar-refractivity contribution in [2.45, 2.75) is 26.0 Å². The number of rotatable bonds is 7. The van der Waals surface area contributed by atoms with Crippen molar-refractivity contribution in [1.82, 2.24) is 4.98 Å². The SMILES string of the molecule is Cc1cccc(-c2nc(CSCC(=O)Cc3ccc(Cl)cc3Cl)c(C)o2)c1. The first kappa shape index (κ1) is 20.0. The van der Waals surface area contributed by atoms with Gasteiger partial charge in [0.05, 0.1) is 11.4 Å². The minimum atomic E-state index is 0.115. The number of carbonyl (C=O) groups excluding carboxylic acids is 1. The predicted molar refractivity (Wildman–Crippen MR) is 113 cm³/mol. The van der Waals surface area contributed by atoms with E-state index in [-0.39, 0.29) is 5.78 Å². The maximum absolute atomic E-state index is 12.2. The molecule has 0 radical (unpaired) electrons. The summed E-state index contributed by atoms with van der Waals surface area (Å²) in [6, 6.07) is 13.2. The zero-order valence-electron chi connectivity index (χ0n) is 15.1. The van der Waals surface area contributed by atoms with E-state index in [9.17, 15) is 4.79 Å². The zero-order valence-corrected chi connectivity index (χ0v) is 17.4. The van der Waals surface area contributed by atoms with Gasteiger partial charge in [-0.15, -0.1) is 11.8 Å². The van der Waals surface area contributed by atoms with Crippen molar-refractivity contribution in [3.05, 3.63) is 75.1 Å². The van der Waals surface area contributed by atoms with Gasteiger partial charge < -0.3 is 4.42 Å². The second-order valence-electron chi connectivity index (χ2n) is 6.34. The molecule has 0 amide bonds. The minimum absolute atomic E-state index is 0.115. The van der Waals surface area contributed by atoms with Crippen LogP contribution in [0, 0.1) is 13.8 Å². The Balaban J connectivity index is 1.56. The number of hydrogen-bond acceptors (Lipinski definition) is 4. The van der Waals surface area contributed by atoms with E-state index in [0.717, 1.165) is 28.1 Å². The second kappa shape index (κ2) is 8.96. The number of carbonyl (C=O) groups is 1. The highest BCUT2D eigenvalue weighted by Crippen LogP contribution is 2.26. The van der Waals surface area contributed by atoms with Gasteiger partial charge in [0.25, 0.3) is 0 Å². The fourth-order valence-electron chi connectivity index (χ4n) is 2.65. The quantitative estimate of drug-likeness (QED) is 0.449. The van der Waals surface area contributed by atoms with Crippen molar-refractivity contribution in [1.29, 1.82) is 0 Å². The fourth-order valence-corrected chi connectivity index (χ4v) is 4.02. The summed E-state index contributed by atoms with van der Waals surface area (Å²) in [6.45, 7) is 3.94. The third kappa shape index (κ3) is 5.38. The van der Waals surface area contributed by atoms with Crippen LogP contribution in [-0.2, 0) is 17.0 Å². The monoisotopic (exact) mass is 419 g/mol. The molecule has 0 unspecified atom stereocenters. The van der Waals surface area contributed by atoms with Crippen LogP contribution >= 0.6 is 35.0 Å². The number of thioether (sulfide) groups is 1. The molecule has 0 bridgehead atoms. The Kier molecular flexibility index (Phi) is 6.64. The van der Waals surface area contributed by atoms with Crippen LogP contribution < -0.4 is 0 Å². The van der Waals surface area contributed by atoms with Gasteiger partial charge in [-0.2, -0.15) is 0 Å². The lowest BCUT2D eigenvalue weighted by molar-refractivity contribution is -0.116. The predicted octanol–water partition coefficient (Wildman–Crippen LogP) is 6.31. The Morgan fingerprint density at radius 3 is 2.70 bits per heavy atom. The number of Topliss-reactive ketones (excluding diaryl/α,β-unsaturated/α-hetero) is 1. The molecule has 0 aliphatic heterocycles. The summed E-state index contributed by atoms with van der Waals surface area (Å²) >= 11 is 13.5. The van der Waals surface area contributed by atoms with Crippen LogP contribution in [0.2, 0.25) is 10.0 Å². The number of ketones is 1. The molecular formula is C21H19Cl2NO2S. The molecule has 1 heterocycles. The van der Waals surface area contributed by atoms with Gasteiger partial charge in [-0.1, -0.05) is 47.0 Å². The molecule has 3 nitrogen and oxygen atoms in total. The van der Waals surface area contributed by atoms with E-state index < -0.39 is 0 Å². The van der Waals surface area contributed by atoms with E-state index in [2.05, 4.69) is 4.98 Å². The van der Waals surface area contributed by atoms with Gasteiger partial charge in [-0.25, -0.2) is 4.98 Å². The number of nitrogens with zero attached hydrogens (tertiary/aromatic N) is 1. The molecule has 0 fully saturated rings. The molecule has 6 heteroatoms. The van der Waals surface area contributed by atoms with Gasteiger partial charge in [0.1, 0.15) is 11.5 Å². The van der Waals surface area contributed by atoms with Gasteiger partial charge in [0, 0.05) is 27.8 Å². The number of halogens is 2. The standard InChI is InChI=1S/C21H19Cl2NO2S/c1-13-4-3-5-16(8-13)21-24-20(14(2)26-21)12-27-11-18(25)9-15-6-7-17(22)10-19(15)23/h3-8,10H,9,11-12H2,1-2H3. The summed E-state index contributed by atoms with van der Waals surface area (Å²) in [5, 5.41) is 1.09. The maximum atomic E-state index is 12.2. The smallest absolute Gasteiger partial charge is 0.226 e. The van der Waals surface area contributed by atoms with Crippen molar-refractivity contribution in [3.8, 4) is 11.5 Å². The van der Waals surface area contributed by atoms with Crippen LogP contribution in [0.1, 0.15) is 22.6 Å². The number of aryl methyl sites for hydroxylation is 2. The van der Waals surface area contributed by atoms with Crippen LogP contribution in [0.5, 0.6) is 0 Å². The number of hydrogen-bond donors (Lipinski definition) is 0. The minimum Gasteiger partial charge on any atom is -0.441 e. The van der Waals surface area contributed by atoms with E-state index in [4.69, 9.17) is 27.6 Å². The molecule has 3 rings (SSSR count). The topological polar surface area (TPSA) is 43.1 Å². The van der Waals surface area contributed by atoms with Crippen molar-refractivity contribution < 1.29 is 9.21 Å². The highest BCUT2D eigenvalue weighted by Gasteiger charge is 2.13. The molecule has 0 aliphatic rings. The molecule has 0 atom stereocenters. The van der Waals surface area contributed by atoms with E-state index in [1.165, 1.54) is 11.8 Å². The van der Waals surface area contributed by atoms with Gasteiger partial charge >= 0.3 is 0 Å². The highest BCUT2D eigenvalue weighted by atomic mass is 35.5. The van der Waals surface area contributed by atoms with E-state index >= 15 is 0 Å². The molecule has 140 valence electrons. The number of benzene rings is 2. The number of aromatic nitrogens is 1. The first-order valence-corrected chi connectivity index (χ1v) is 10.4. The Morgan fingerprint density at radius 2 is 1.96 bits per heavy atom. The van der Waals surface area contributed by atoms with Crippen LogP contribution in [-0.4, -0.2) is 16.5 Å². The number of oxazole rings is 1. The average Bonchev–Trinajstić information content (AvgIpc) is 2.98. The normalized spacial score (nSPS) is 11.0. The first-order chi connectivity index (χ1) is 12.9. The summed E-state index contributed by atoms with van der Waals surface area (Å²) in [4.78, 5) is 16.8. The molecule has 0 saturated heterocycles. The molecule has 0 spiro atoms. The molecule has 2 aromatic carbocycles. The Bertz CT molecular complexity index is 969. The Labute approximate surface area is 173 Å². The van der Waals surface area contributed by atoms with E-state index in [1.54, 1.807) is 18.2 Å². The van der Waals surface area contributed by atoms with Crippen molar-refractivity contribution in [2.24, 2.45) is 0 Å². The third-order valence-electron chi connectivity index (χ3n) is 4.06. The van der Waals surface area contributed by atoms with Crippen molar-refractivity contribution in [2.75, 3.05) is 5.75 Å². The van der Waals surface area contributed by atoms with Gasteiger partial charge in [-0.05, 0) is 43.7 Å². The van der Waals surface area contributed by atoms with E-state index in [0.29, 0.717) is 33.9 Å². The van der Waals surface area contributed by atoms with Gasteiger partial charge in [-0.3, -0.25) is 4.79 Å². The molecular weight excluding hydrogens is 401 g/mol. The maximum Gasteiger partial charge on any atom is 0.226 e. The summed E-state index contributed by atoms with van der Waals surface area (Å²) in [5.41, 5.74) is 3.79. The lowest BCUT2D eigenvalue weighted by Crippen LogP contribution is -2.06. The molecule has 27 heavy (non-hydrogen) atoms. The molecule has 0 aliphatic carbocycles. The Hall–Kier alpha value is -1.75. The van der Waals surface area contributed by atoms with Crippen LogP contribution in [0.3, 0.4) is 0 Å². The summed E-state index contributed by atoms with van der Waals surface area (Å²) < 4.78 is 5.80. The average molecular weight is 420 g/mol. The molecule has 0 saturated carbocycles. The lowest BCUT2D eigenvalue weighted by Gasteiger charge is -2.04. The van der Waals surface area contributed by atoms with Gasteiger partial charge in [0.15, 0.2) is 0 Å².